The van der Waals surface area contributed by atoms with E-state index in [-0.39, 0.29) is 5.91 Å². The van der Waals surface area contributed by atoms with Crippen LogP contribution in [0.15, 0.2) is 18.3 Å². The van der Waals surface area contributed by atoms with Crippen molar-refractivity contribution in [3.05, 3.63) is 24.0 Å². The molecule has 0 aliphatic rings. The fraction of sp³-hybridized carbons (Fsp3) is 0.600. The van der Waals surface area contributed by atoms with Gasteiger partial charge < -0.3 is 15.5 Å². The summed E-state index contributed by atoms with van der Waals surface area (Å²) in [5, 5.41) is 6.60. The highest BCUT2D eigenvalue weighted by Crippen LogP contribution is 2.10. The summed E-state index contributed by atoms with van der Waals surface area (Å²) in [5.74, 6) is -0.00806. The quantitative estimate of drug-likeness (QED) is 0.678. The van der Waals surface area contributed by atoms with Crippen LogP contribution in [0.4, 0.5) is 5.69 Å². The van der Waals surface area contributed by atoms with E-state index in [1.807, 2.05) is 26.0 Å². The number of hydrogen-bond acceptors (Lipinski definition) is 4. The van der Waals surface area contributed by atoms with Crippen molar-refractivity contribution in [2.24, 2.45) is 0 Å². The molecule has 0 saturated heterocycles. The summed E-state index contributed by atoms with van der Waals surface area (Å²) in [4.78, 5) is 18.1. The van der Waals surface area contributed by atoms with Gasteiger partial charge in [0.1, 0.15) is 5.69 Å². The number of nitrogens with zero attached hydrogens (tertiary/aromatic N) is 2. The maximum absolute atomic E-state index is 12.2. The van der Waals surface area contributed by atoms with Gasteiger partial charge in [0, 0.05) is 31.5 Å². The second kappa shape index (κ2) is 9.31. The third-order valence-corrected chi connectivity index (χ3v) is 3.14. The van der Waals surface area contributed by atoms with Gasteiger partial charge in [-0.2, -0.15) is 0 Å². The normalized spacial score (nSPS) is 10.3. The highest BCUT2D eigenvalue weighted by atomic mass is 16.2. The van der Waals surface area contributed by atoms with Gasteiger partial charge in [-0.1, -0.05) is 6.92 Å². The second-order valence-electron chi connectivity index (χ2n) is 4.54. The monoisotopic (exact) mass is 278 g/mol. The summed E-state index contributed by atoms with van der Waals surface area (Å²) in [6.45, 7) is 10.3. The molecule has 0 aliphatic heterocycles. The van der Waals surface area contributed by atoms with Gasteiger partial charge in [0.15, 0.2) is 0 Å². The Balaban J connectivity index is 2.55. The molecule has 1 aromatic heterocycles. The summed E-state index contributed by atoms with van der Waals surface area (Å²) in [5.41, 5.74) is 1.46. The summed E-state index contributed by atoms with van der Waals surface area (Å²) >= 11 is 0. The van der Waals surface area contributed by atoms with Crippen molar-refractivity contribution in [1.29, 1.82) is 0 Å². The molecule has 5 nitrogen and oxygen atoms in total. The van der Waals surface area contributed by atoms with E-state index < -0.39 is 0 Å². The van der Waals surface area contributed by atoms with Crippen molar-refractivity contribution in [3.63, 3.8) is 0 Å². The molecular weight excluding hydrogens is 252 g/mol. The van der Waals surface area contributed by atoms with E-state index in [1.54, 1.807) is 11.1 Å². The smallest absolute Gasteiger partial charge is 0.272 e. The van der Waals surface area contributed by atoms with E-state index in [0.717, 1.165) is 31.7 Å². The number of carbonyl (C=O) groups is 1. The number of amides is 1. The fourth-order valence-electron chi connectivity index (χ4n) is 1.95. The molecule has 0 spiro atoms. The van der Waals surface area contributed by atoms with E-state index in [4.69, 9.17) is 0 Å². The van der Waals surface area contributed by atoms with Crippen LogP contribution in [0.1, 0.15) is 37.7 Å². The van der Waals surface area contributed by atoms with Crippen LogP contribution in [0.2, 0.25) is 0 Å². The van der Waals surface area contributed by atoms with Crippen LogP contribution in [0.25, 0.3) is 0 Å². The molecule has 5 heteroatoms. The zero-order chi connectivity index (χ0) is 14.8. The van der Waals surface area contributed by atoms with Crippen molar-refractivity contribution in [1.82, 2.24) is 15.2 Å². The lowest BCUT2D eigenvalue weighted by atomic mass is 10.2. The molecule has 0 bridgehead atoms. The lowest BCUT2D eigenvalue weighted by Crippen LogP contribution is -2.31. The van der Waals surface area contributed by atoms with Crippen LogP contribution in [0.5, 0.6) is 0 Å². The van der Waals surface area contributed by atoms with Crippen LogP contribution < -0.4 is 10.6 Å². The molecule has 1 heterocycles. The minimum absolute atomic E-state index is 0.00806. The van der Waals surface area contributed by atoms with Crippen LogP contribution >= 0.6 is 0 Å². The number of carbonyl (C=O) groups excluding carboxylic acids is 1. The minimum atomic E-state index is -0.00806. The molecule has 0 atom stereocenters. The van der Waals surface area contributed by atoms with Gasteiger partial charge in [0.2, 0.25) is 0 Å². The van der Waals surface area contributed by atoms with E-state index in [9.17, 15) is 4.79 Å². The Bertz CT molecular complexity index is 405. The first-order valence-corrected chi connectivity index (χ1v) is 7.42. The number of rotatable bonds is 9. The minimum Gasteiger partial charge on any atom is -0.385 e. The topological polar surface area (TPSA) is 57.3 Å². The average molecular weight is 278 g/mol. The molecule has 0 fully saturated rings. The predicted octanol–water partition coefficient (Wildman–Crippen LogP) is 1.98. The van der Waals surface area contributed by atoms with E-state index >= 15 is 0 Å². The van der Waals surface area contributed by atoms with Crippen LogP contribution in [0.3, 0.4) is 0 Å². The number of pyridine rings is 1. The second-order valence-corrected chi connectivity index (χ2v) is 4.54. The van der Waals surface area contributed by atoms with Gasteiger partial charge in [0.25, 0.3) is 5.91 Å². The van der Waals surface area contributed by atoms with E-state index in [0.29, 0.717) is 18.8 Å². The average Bonchev–Trinajstić information content (AvgIpc) is 2.48. The van der Waals surface area contributed by atoms with Gasteiger partial charge in [-0.25, -0.2) is 0 Å². The molecule has 0 saturated carbocycles. The molecule has 1 rings (SSSR count). The van der Waals surface area contributed by atoms with Crippen molar-refractivity contribution in [2.45, 2.75) is 27.2 Å². The van der Waals surface area contributed by atoms with Gasteiger partial charge in [-0.15, -0.1) is 0 Å². The molecule has 0 aliphatic carbocycles. The molecule has 20 heavy (non-hydrogen) atoms. The van der Waals surface area contributed by atoms with Crippen molar-refractivity contribution >= 4 is 11.6 Å². The Labute approximate surface area is 121 Å². The van der Waals surface area contributed by atoms with E-state index in [2.05, 4.69) is 22.5 Å². The molecule has 0 radical (unpaired) electrons. The van der Waals surface area contributed by atoms with Crippen molar-refractivity contribution in [2.75, 3.05) is 38.0 Å². The lowest BCUT2D eigenvalue weighted by Gasteiger charge is -2.18. The highest BCUT2D eigenvalue weighted by Gasteiger charge is 2.13. The molecule has 0 aromatic carbocycles. The summed E-state index contributed by atoms with van der Waals surface area (Å²) < 4.78 is 0. The Kier molecular flexibility index (Phi) is 7.65. The van der Waals surface area contributed by atoms with Crippen LogP contribution in [-0.2, 0) is 0 Å². The van der Waals surface area contributed by atoms with Crippen molar-refractivity contribution < 1.29 is 4.79 Å². The van der Waals surface area contributed by atoms with Gasteiger partial charge in [-0.05, 0) is 45.5 Å². The third kappa shape index (κ3) is 5.17. The predicted molar refractivity (Wildman–Crippen MR) is 83.1 cm³/mol. The lowest BCUT2D eigenvalue weighted by molar-refractivity contribution is 0.0767. The number of nitrogens with one attached hydrogen (secondary N) is 2. The largest absolute Gasteiger partial charge is 0.385 e. The van der Waals surface area contributed by atoms with E-state index in [1.165, 1.54) is 0 Å². The Morgan fingerprint density at radius 1 is 1.25 bits per heavy atom. The molecule has 2 N–H and O–H groups in total. The van der Waals surface area contributed by atoms with Crippen LogP contribution in [0, 0.1) is 0 Å². The third-order valence-electron chi connectivity index (χ3n) is 3.14. The van der Waals surface area contributed by atoms with Gasteiger partial charge in [0.05, 0.1) is 0 Å². The Morgan fingerprint density at radius 3 is 2.65 bits per heavy atom. The Morgan fingerprint density at radius 2 is 2.00 bits per heavy atom. The standard InChI is InChI=1S/C15H26N4O/c1-4-16-9-7-10-17-13-8-11-18-14(12-13)15(20)19(5-2)6-3/h8,11-12,16H,4-7,9-10H2,1-3H3,(H,17,18). The zero-order valence-corrected chi connectivity index (χ0v) is 12.8. The Hall–Kier alpha value is -1.62. The summed E-state index contributed by atoms with van der Waals surface area (Å²) in [6.07, 6.45) is 2.73. The summed E-state index contributed by atoms with van der Waals surface area (Å²) in [7, 11) is 0. The highest BCUT2D eigenvalue weighted by molar-refractivity contribution is 5.93. The molecule has 1 amide bonds. The molecule has 0 unspecified atom stereocenters. The zero-order valence-electron chi connectivity index (χ0n) is 12.8. The van der Waals surface area contributed by atoms with Crippen LogP contribution in [-0.4, -0.2) is 48.5 Å². The van der Waals surface area contributed by atoms with Gasteiger partial charge in [-0.3, -0.25) is 9.78 Å². The maximum atomic E-state index is 12.2. The maximum Gasteiger partial charge on any atom is 0.272 e. The SMILES string of the molecule is CCNCCCNc1ccnc(C(=O)N(CC)CC)c1. The number of hydrogen-bond donors (Lipinski definition) is 2. The first-order chi connectivity index (χ1) is 9.72. The van der Waals surface area contributed by atoms with Gasteiger partial charge >= 0.3 is 0 Å². The first-order valence-electron chi connectivity index (χ1n) is 7.42. The molecule has 1 aromatic rings. The molecular formula is C15H26N4O. The number of aromatic nitrogens is 1. The van der Waals surface area contributed by atoms with Crippen molar-refractivity contribution in [3.8, 4) is 0 Å². The first kappa shape index (κ1) is 16.4. The summed E-state index contributed by atoms with van der Waals surface area (Å²) in [6, 6.07) is 3.72. The number of anilines is 1. The molecule has 112 valence electrons. The fourth-order valence-corrected chi connectivity index (χ4v) is 1.95.